The third-order valence-electron chi connectivity index (χ3n) is 4.73. The molecule has 0 saturated carbocycles. The van der Waals surface area contributed by atoms with Crippen LogP contribution in [0.1, 0.15) is 62.6 Å². The minimum absolute atomic E-state index is 0.0141. The highest BCUT2D eigenvalue weighted by molar-refractivity contribution is 5.93. The van der Waals surface area contributed by atoms with Crippen LogP contribution in [0.2, 0.25) is 0 Å². The van der Waals surface area contributed by atoms with E-state index in [9.17, 15) is 9.59 Å². The van der Waals surface area contributed by atoms with E-state index in [1.807, 2.05) is 16.7 Å². The molecular formula is C21H28N4O3. The zero-order valence-electron chi connectivity index (χ0n) is 17.1. The molecule has 3 aromatic heterocycles. The largest absolute Gasteiger partial charge is 0.364 e. The minimum atomic E-state index is -0.0269. The first kappa shape index (κ1) is 20.0. The first-order valence-corrected chi connectivity index (χ1v) is 9.75. The van der Waals surface area contributed by atoms with Crippen molar-refractivity contribution in [2.24, 2.45) is 12.5 Å². The van der Waals surface area contributed by atoms with Crippen molar-refractivity contribution < 1.29 is 9.32 Å². The Kier molecular flexibility index (Phi) is 5.82. The van der Waals surface area contributed by atoms with E-state index in [4.69, 9.17) is 9.51 Å². The summed E-state index contributed by atoms with van der Waals surface area (Å²) in [5.74, 6) is 0.0171. The second kappa shape index (κ2) is 8.12. The maximum Gasteiger partial charge on any atom is 0.330 e. The van der Waals surface area contributed by atoms with Crippen LogP contribution in [0.3, 0.4) is 0 Å². The fraction of sp³-hybridized carbons (Fsp3) is 0.524. The predicted octanol–water partition coefficient (Wildman–Crippen LogP) is 3.75. The number of fused-ring (bicyclic) bond motifs is 1. The molecular weight excluding hydrogens is 356 g/mol. The van der Waals surface area contributed by atoms with Gasteiger partial charge in [0.25, 0.3) is 0 Å². The van der Waals surface area contributed by atoms with E-state index in [0.717, 1.165) is 42.5 Å². The highest BCUT2D eigenvalue weighted by atomic mass is 16.5. The zero-order valence-corrected chi connectivity index (χ0v) is 17.1. The van der Waals surface area contributed by atoms with Crippen LogP contribution >= 0.6 is 0 Å². The molecule has 0 spiro atoms. The Labute approximate surface area is 164 Å². The number of rotatable bonds is 8. The number of carbonyl (C=O) groups excluding carboxylic acids is 1. The molecule has 0 radical (unpaired) electrons. The van der Waals surface area contributed by atoms with E-state index in [1.165, 1.54) is 6.26 Å². The summed E-state index contributed by atoms with van der Waals surface area (Å²) in [5, 5.41) is 3.67. The molecule has 0 unspecified atom stereocenters. The molecule has 0 N–H and O–H groups in total. The van der Waals surface area contributed by atoms with Gasteiger partial charge in [-0.15, -0.1) is 0 Å². The number of aryl methyl sites for hydroxylation is 2. The number of hydrogen-bond donors (Lipinski definition) is 0. The molecule has 150 valence electrons. The van der Waals surface area contributed by atoms with E-state index in [1.54, 1.807) is 17.7 Å². The predicted molar refractivity (Wildman–Crippen MR) is 107 cm³/mol. The summed E-state index contributed by atoms with van der Waals surface area (Å²) < 4.78 is 8.13. The first-order valence-electron chi connectivity index (χ1n) is 9.75. The van der Waals surface area contributed by atoms with Gasteiger partial charge in [0, 0.05) is 31.8 Å². The van der Waals surface area contributed by atoms with Crippen LogP contribution in [0.15, 0.2) is 33.8 Å². The molecule has 0 aliphatic rings. The number of unbranched alkanes of at least 4 members (excludes halogenated alkanes) is 2. The summed E-state index contributed by atoms with van der Waals surface area (Å²) in [7, 11) is 1.77. The van der Waals surface area contributed by atoms with E-state index in [-0.39, 0.29) is 16.9 Å². The van der Waals surface area contributed by atoms with Crippen molar-refractivity contribution in [2.45, 2.75) is 59.4 Å². The van der Waals surface area contributed by atoms with Crippen molar-refractivity contribution >= 4 is 16.9 Å². The van der Waals surface area contributed by atoms with Crippen LogP contribution in [-0.2, 0) is 20.0 Å². The average Bonchev–Trinajstić information content (AvgIpc) is 3.25. The SMILES string of the molecule is Cn1c(=O)n(CC(C)(C)C)c2ccc(CCCCCC(=O)c3ccon3)nc21. The molecule has 0 saturated heterocycles. The van der Waals surface area contributed by atoms with Gasteiger partial charge in [-0.3, -0.25) is 13.9 Å². The van der Waals surface area contributed by atoms with E-state index in [2.05, 4.69) is 25.9 Å². The lowest BCUT2D eigenvalue weighted by molar-refractivity contribution is 0.0970. The number of nitrogens with zero attached hydrogens (tertiary/aromatic N) is 4. The Balaban J connectivity index is 1.59. The molecule has 0 fully saturated rings. The third kappa shape index (κ3) is 4.58. The monoisotopic (exact) mass is 384 g/mol. The Morgan fingerprint density at radius 1 is 1.14 bits per heavy atom. The lowest BCUT2D eigenvalue weighted by Gasteiger charge is -2.18. The molecule has 0 aromatic carbocycles. The van der Waals surface area contributed by atoms with Gasteiger partial charge < -0.3 is 4.52 Å². The fourth-order valence-corrected chi connectivity index (χ4v) is 3.33. The maximum absolute atomic E-state index is 12.6. The highest BCUT2D eigenvalue weighted by Gasteiger charge is 2.18. The van der Waals surface area contributed by atoms with Crippen molar-refractivity contribution in [1.29, 1.82) is 0 Å². The molecule has 28 heavy (non-hydrogen) atoms. The van der Waals surface area contributed by atoms with Gasteiger partial charge >= 0.3 is 5.69 Å². The maximum atomic E-state index is 12.6. The van der Waals surface area contributed by atoms with Crippen LogP contribution in [0.25, 0.3) is 11.2 Å². The van der Waals surface area contributed by atoms with Gasteiger partial charge in [-0.05, 0) is 36.8 Å². The lowest BCUT2D eigenvalue weighted by Crippen LogP contribution is -2.27. The summed E-state index contributed by atoms with van der Waals surface area (Å²) in [6, 6.07) is 5.60. The standard InChI is InChI=1S/C21H28N4O3/c1-21(2,3)14-25-17-11-10-15(22-19(17)24(4)20(25)27)8-6-5-7-9-18(26)16-12-13-28-23-16/h10-13H,5-9,14H2,1-4H3. The normalized spacial score (nSPS) is 12.0. The molecule has 0 aliphatic heterocycles. The van der Waals surface area contributed by atoms with Gasteiger partial charge in [-0.25, -0.2) is 9.78 Å². The van der Waals surface area contributed by atoms with E-state index >= 15 is 0 Å². The number of ketones is 1. The zero-order chi connectivity index (χ0) is 20.3. The molecule has 7 heteroatoms. The van der Waals surface area contributed by atoms with E-state index in [0.29, 0.717) is 18.7 Å². The number of carbonyl (C=O) groups is 1. The Hall–Kier alpha value is -2.70. The summed E-state index contributed by atoms with van der Waals surface area (Å²) in [5.41, 5.74) is 2.96. The van der Waals surface area contributed by atoms with Crippen LogP contribution < -0.4 is 5.69 Å². The summed E-state index contributed by atoms with van der Waals surface area (Å²) in [6.07, 6.45) is 5.41. The van der Waals surface area contributed by atoms with Crippen LogP contribution in [0, 0.1) is 5.41 Å². The second-order valence-electron chi connectivity index (χ2n) is 8.50. The third-order valence-corrected chi connectivity index (χ3v) is 4.73. The Bertz CT molecular complexity index is 1010. The quantitative estimate of drug-likeness (QED) is 0.436. The van der Waals surface area contributed by atoms with Crippen LogP contribution in [-0.4, -0.2) is 25.1 Å². The summed E-state index contributed by atoms with van der Waals surface area (Å²) >= 11 is 0. The lowest BCUT2D eigenvalue weighted by atomic mass is 9.97. The average molecular weight is 384 g/mol. The molecule has 0 atom stereocenters. The smallest absolute Gasteiger partial charge is 0.330 e. The van der Waals surface area contributed by atoms with Gasteiger partial charge in [0.2, 0.25) is 0 Å². The summed E-state index contributed by atoms with van der Waals surface area (Å²) in [4.78, 5) is 29.2. The van der Waals surface area contributed by atoms with Gasteiger partial charge in [0.15, 0.2) is 11.4 Å². The second-order valence-corrected chi connectivity index (χ2v) is 8.50. The Morgan fingerprint density at radius 2 is 1.93 bits per heavy atom. The number of Topliss-reactive ketones (excluding diaryl/α,β-unsaturated/α-hetero) is 1. The van der Waals surface area contributed by atoms with Gasteiger partial charge in [0.1, 0.15) is 12.0 Å². The van der Waals surface area contributed by atoms with Gasteiger partial charge in [-0.2, -0.15) is 0 Å². The Morgan fingerprint density at radius 3 is 2.61 bits per heavy atom. The molecule has 0 amide bonds. The van der Waals surface area contributed by atoms with Crippen molar-refractivity contribution in [3.63, 3.8) is 0 Å². The molecule has 3 aromatic rings. The molecule has 0 aliphatic carbocycles. The fourth-order valence-electron chi connectivity index (χ4n) is 3.33. The van der Waals surface area contributed by atoms with Gasteiger partial charge in [0.05, 0.1) is 5.52 Å². The van der Waals surface area contributed by atoms with E-state index < -0.39 is 0 Å². The van der Waals surface area contributed by atoms with Crippen molar-refractivity contribution in [2.75, 3.05) is 0 Å². The van der Waals surface area contributed by atoms with Crippen molar-refractivity contribution in [1.82, 2.24) is 19.3 Å². The number of pyridine rings is 1. The van der Waals surface area contributed by atoms with Crippen LogP contribution in [0.4, 0.5) is 0 Å². The highest BCUT2D eigenvalue weighted by Crippen LogP contribution is 2.20. The topological polar surface area (TPSA) is 82.9 Å². The molecule has 7 nitrogen and oxygen atoms in total. The minimum Gasteiger partial charge on any atom is -0.364 e. The van der Waals surface area contributed by atoms with Crippen LogP contribution in [0.5, 0.6) is 0 Å². The molecule has 3 rings (SSSR count). The number of hydrogen-bond acceptors (Lipinski definition) is 5. The van der Waals surface area contributed by atoms with Gasteiger partial charge in [-0.1, -0.05) is 32.3 Å². The summed E-state index contributed by atoms with van der Waals surface area (Å²) in [6.45, 7) is 7.01. The number of imidazole rings is 1. The van der Waals surface area contributed by atoms with Crippen molar-refractivity contribution in [3.05, 3.63) is 46.3 Å². The molecule has 0 bridgehead atoms. The number of aromatic nitrogens is 4. The molecule has 3 heterocycles. The van der Waals surface area contributed by atoms with Crippen molar-refractivity contribution in [3.8, 4) is 0 Å². The first-order chi connectivity index (χ1) is 13.3.